The molecule has 0 saturated carbocycles. The minimum atomic E-state index is -0.569. The number of rotatable bonds is 8. The molecule has 0 bridgehead atoms. The van der Waals surface area contributed by atoms with E-state index in [2.05, 4.69) is 15.3 Å². The molecule has 0 spiro atoms. The highest BCUT2D eigenvalue weighted by atomic mass is 16.6. The molecule has 1 N–H and O–H groups in total. The van der Waals surface area contributed by atoms with Gasteiger partial charge in [-0.05, 0) is 57.4 Å². The van der Waals surface area contributed by atoms with E-state index in [9.17, 15) is 9.59 Å². The lowest BCUT2D eigenvalue weighted by atomic mass is 10.2. The van der Waals surface area contributed by atoms with Gasteiger partial charge in [0.2, 0.25) is 5.91 Å². The Bertz CT molecular complexity index is 786. The van der Waals surface area contributed by atoms with Crippen molar-refractivity contribution in [3.63, 3.8) is 0 Å². The number of ether oxygens (including phenoxy) is 1. The number of aryl methyl sites for hydroxylation is 1. The summed E-state index contributed by atoms with van der Waals surface area (Å²) in [5, 5.41) is 2.89. The SMILES string of the molecule is Cc1ccc(CC(=O)NCCCN(Cc2cccnc2)C(=O)OC(C)(C)C)cn1. The molecule has 0 radical (unpaired) electrons. The summed E-state index contributed by atoms with van der Waals surface area (Å²) in [6.45, 7) is 8.78. The van der Waals surface area contributed by atoms with Crippen LogP contribution in [0.25, 0.3) is 0 Å². The van der Waals surface area contributed by atoms with Crippen molar-refractivity contribution in [1.82, 2.24) is 20.2 Å². The fourth-order valence-electron chi connectivity index (χ4n) is 2.62. The van der Waals surface area contributed by atoms with Gasteiger partial charge in [-0.1, -0.05) is 12.1 Å². The van der Waals surface area contributed by atoms with Crippen molar-refractivity contribution >= 4 is 12.0 Å². The van der Waals surface area contributed by atoms with Crippen LogP contribution in [-0.4, -0.2) is 45.6 Å². The van der Waals surface area contributed by atoms with Crippen LogP contribution in [0, 0.1) is 6.92 Å². The molecule has 7 heteroatoms. The standard InChI is InChI=1S/C22H30N4O3/c1-17-8-9-18(15-25-17)13-20(27)24-11-6-12-26(21(28)29-22(2,3)4)16-19-7-5-10-23-14-19/h5,7-10,14-15H,6,11-13,16H2,1-4H3,(H,24,27). The molecule has 0 unspecified atom stereocenters. The average Bonchev–Trinajstić information content (AvgIpc) is 2.65. The third kappa shape index (κ3) is 8.72. The Morgan fingerprint density at radius 2 is 1.93 bits per heavy atom. The molecule has 0 aliphatic carbocycles. The maximum atomic E-state index is 12.5. The van der Waals surface area contributed by atoms with Crippen molar-refractivity contribution in [1.29, 1.82) is 0 Å². The fraction of sp³-hybridized carbons (Fsp3) is 0.455. The number of carbonyl (C=O) groups excluding carboxylic acids is 2. The second-order valence-electron chi connectivity index (χ2n) is 7.95. The molecule has 0 aromatic carbocycles. The Labute approximate surface area is 172 Å². The maximum Gasteiger partial charge on any atom is 0.410 e. The lowest BCUT2D eigenvalue weighted by molar-refractivity contribution is -0.120. The summed E-state index contributed by atoms with van der Waals surface area (Å²) in [5.41, 5.74) is 2.15. The van der Waals surface area contributed by atoms with E-state index >= 15 is 0 Å². The number of hydrogen-bond donors (Lipinski definition) is 1. The van der Waals surface area contributed by atoms with Gasteiger partial charge in [-0.3, -0.25) is 14.8 Å². The number of nitrogens with one attached hydrogen (secondary N) is 1. The number of nitrogens with zero attached hydrogens (tertiary/aromatic N) is 3. The Morgan fingerprint density at radius 3 is 2.55 bits per heavy atom. The van der Waals surface area contributed by atoms with Crippen molar-refractivity contribution in [2.75, 3.05) is 13.1 Å². The van der Waals surface area contributed by atoms with Crippen LogP contribution in [0.1, 0.15) is 44.0 Å². The third-order valence-corrected chi connectivity index (χ3v) is 4.01. The van der Waals surface area contributed by atoms with Gasteiger partial charge in [-0.2, -0.15) is 0 Å². The van der Waals surface area contributed by atoms with Crippen molar-refractivity contribution < 1.29 is 14.3 Å². The van der Waals surface area contributed by atoms with E-state index in [1.165, 1.54) is 0 Å². The zero-order valence-corrected chi connectivity index (χ0v) is 17.6. The summed E-state index contributed by atoms with van der Waals surface area (Å²) in [5.74, 6) is -0.0632. The molecule has 0 atom stereocenters. The highest BCUT2D eigenvalue weighted by molar-refractivity contribution is 5.78. The molecule has 7 nitrogen and oxygen atoms in total. The number of pyridine rings is 2. The normalized spacial score (nSPS) is 11.0. The molecule has 156 valence electrons. The van der Waals surface area contributed by atoms with Crippen molar-refractivity contribution in [2.24, 2.45) is 0 Å². The molecule has 2 rings (SSSR count). The van der Waals surface area contributed by atoms with Crippen LogP contribution in [0.4, 0.5) is 4.79 Å². The van der Waals surface area contributed by atoms with Gasteiger partial charge in [-0.25, -0.2) is 4.79 Å². The highest BCUT2D eigenvalue weighted by Crippen LogP contribution is 2.12. The number of aromatic nitrogens is 2. The molecule has 2 aromatic heterocycles. The van der Waals surface area contributed by atoms with Crippen molar-refractivity contribution in [3.05, 3.63) is 59.7 Å². The topological polar surface area (TPSA) is 84.4 Å². The summed E-state index contributed by atoms with van der Waals surface area (Å²) < 4.78 is 5.51. The number of hydrogen-bond acceptors (Lipinski definition) is 5. The zero-order valence-electron chi connectivity index (χ0n) is 17.6. The molecule has 2 heterocycles. The fourth-order valence-corrected chi connectivity index (χ4v) is 2.62. The van der Waals surface area contributed by atoms with Crippen LogP contribution >= 0.6 is 0 Å². The molecular formula is C22H30N4O3. The monoisotopic (exact) mass is 398 g/mol. The smallest absolute Gasteiger partial charge is 0.410 e. The first-order valence-corrected chi connectivity index (χ1v) is 9.78. The van der Waals surface area contributed by atoms with Crippen LogP contribution < -0.4 is 5.32 Å². The molecular weight excluding hydrogens is 368 g/mol. The van der Waals surface area contributed by atoms with Crippen LogP contribution in [-0.2, 0) is 22.5 Å². The zero-order chi connectivity index (χ0) is 21.3. The predicted octanol–water partition coefficient (Wildman–Crippen LogP) is 3.27. The van der Waals surface area contributed by atoms with Crippen molar-refractivity contribution in [3.8, 4) is 0 Å². The van der Waals surface area contributed by atoms with Gasteiger partial charge in [0.15, 0.2) is 0 Å². The summed E-state index contributed by atoms with van der Waals surface area (Å²) in [7, 11) is 0. The Kier molecular flexibility index (Phi) is 8.12. The van der Waals surface area contributed by atoms with Gasteiger partial charge in [0, 0.05) is 37.4 Å². The maximum absolute atomic E-state index is 12.5. The van der Waals surface area contributed by atoms with Gasteiger partial charge in [0.1, 0.15) is 5.60 Å². The van der Waals surface area contributed by atoms with Crippen LogP contribution in [0.5, 0.6) is 0 Å². The predicted molar refractivity (Wildman–Crippen MR) is 111 cm³/mol. The van der Waals surface area contributed by atoms with Crippen LogP contribution in [0.2, 0.25) is 0 Å². The van der Waals surface area contributed by atoms with E-state index in [-0.39, 0.29) is 12.0 Å². The minimum Gasteiger partial charge on any atom is -0.444 e. The quantitative estimate of drug-likeness (QED) is 0.690. The Hall–Kier alpha value is -2.96. The van der Waals surface area contributed by atoms with Gasteiger partial charge in [-0.15, -0.1) is 0 Å². The van der Waals surface area contributed by atoms with Crippen LogP contribution in [0.3, 0.4) is 0 Å². The first-order chi connectivity index (χ1) is 13.7. The van der Waals surface area contributed by atoms with Gasteiger partial charge in [0.05, 0.1) is 13.0 Å². The molecule has 0 aliphatic heterocycles. The van der Waals surface area contributed by atoms with Crippen LogP contribution in [0.15, 0.2) is 42.9 Å². The lowest BCUT2D eigenvalue weighted by Gasteiger charge is -2.27. The van der Waals surface area contributed by atoms with E-state index in [1.807, 2.05) is 52.0 Å². The average molecular weight is 399 g/mol. The summed E-state index contributed by atoms with van der Waals surface area (Å²) in [4.78, 5) is 34.6. The van der Waals surface area contributed by atoms with E-state index < -0.39 is 5.60 Å². The molecule has 2 amide bonds. The summed E-state index contributed by atoms with van der Waals surface area (Å²) in [6, 6.07) is 7.55. The summed E-state index contributed by atoms with van der Waals surface area (Å²) >= 11 is 0. The van der Waals surface area contributed by atoms with E-state index in [0.29, 0.717) is 32.5 Å². The van der Waals surface area contributed by atoms with E-state index in [0.717, 1.165) is 16.8 Å². The van der Waals surface area contributed by atoms with Gasteiger partial charge >= 0.3 is 6.09 Å². The highest BCUT2D eigenvalue weighted by Gasteiger charge is 2.22. The largest absolute Gasteiger partial charge is 0.444 e. The second-order valence-corrected chi connectivity index (χ2v) is 7.95. The molecule has 0 fully saturated rings. The van der Waals surface area contributed by atoms with Crippen molar-refractivity contribution in [2.45, 2.75) is 52.7 Å². The number of amides is 2. The molecule has 0 aliphatic rings. The third-order valence-electron chi connectivity index (χ3n) is 4.01. The minimum absolute atomic E-state index is 0.0632. The first kappa shape index (κ1) is 22.3. The number of carbonyl (C=O) groups is 2. The lowest BCUT2D eigenvalue weighted by Crippen LogP contribution is -2.38. The Morgan fingerprint density at radius 1 is 1.14 bits per heavy atom. The van der Waals surface area contributed by atoms with E-state index in [4.69, 9.17) is 4.74 Å². The Balaban J connectivity index is 1.83. The second kappa shape index (κ2) is 10.5. The van der Waals surface area contributed by atoms with E-state index in [1.54, 1.807) is 23.5 Å². The van der Waals surface area contributed by atoms with Gasteiger partial charge < -0.3 is 15.0 Å². The molecule has 29 heavy (non-hydrogen) atoms. The van der Waals surface area contributed by atoms with Gasteiger partial charge in [0.25, 0.3) is 0 Å². The molecule has 0 saturated heterocycles. The molecule has 2 aromatic rings. The first-order valence-electron chi connectivity index (χ1n) is 9.78. The summed E-state index contributed by atoms with van der Waals surface area (Å²) in [6.07, 6.45) is 5.68.